The van der Waals surface area contributed by atoms with Crippen LogP contribution in [0.15, 0.2) is 24.3 Å². The van der Waals surface area contributed by atoms with Gasteiger partial charge in [-0.1, -0.05) is 24.8 Å². The summed E-state index contributed by atoms with van der Waals surface area (Å²) in [6, 6.07) is 7.29. The van der Waals surface area contributed by atoms with E-state index in [0.29, 0.717) is 12.1 Å². The maximum absolute atomic E-state index is 11.9. The summed E-state index contributed by atoms with van der Waals surface area (Å²) < 4.78 is 5.26. The van der Waals surface area contributed by atoms with Crippen LogP contribution >= 0.6 is 12.6 Å². The van der Waals surface area contributed by atoms with E-state index in [2.05, 4.69) is 23.3 Å². The topological polar surface area (TPSA) is 87.7 Å². The van der Waals surface area contributed by atoms with Crippen molar-refractivity contribution >= 4 is 29.6 Å². The normalized spacial score (nSPS) is 23.6. The largest absolute Gasteiger partial charge is 0.444 e. The molecule has 25 heavy (non-hydrogen) atoms. The summed E-state index contributed by atoms with van der Waals surface area (Å²) in [6.45, 7) is 5.45. The summed E-state index contributed by atoms with van der Waals surface area (Å²) in [4.78, 5) is 22.8. The van der Waals surface area contributed by atoms with E-state index >= 15 is 0 Å². The summed E-state index contributed by atoms with van der Waals surface area (Å²) in [5.74, 6) is 0.0115. The maximum Gasteiger partial charge on any atom is 0.407 e. The van der Waals surface area contributed by atoms with E-state index in [9.17, 15) is 14.7 Å². The Kier molecular flexibility index (Phi) is 6.35. The molecule has 1 aromatic carbocycles. The Hall–Kier alpha value is -1.73. The van der Waals surface area contributed by atoms with Gasteiger partial charge in [-0.3, -0.25) is 4.79 Å². The third kappa shape index (κ3) is 6.25. The second-order valence-corrected chi connectivity index (χ2v) is 7.79. The number of benzene rings is 1. The molecule has 138 valence electrons. The number of thiol groups is 1. The first kappa shape index (κ1) is 19.6. The highest BCUT2D eigenvalue weighted by Gasteiger charge is 2.31. The van der Waals surface area contributed by atoms with Crippen molar-refractivity contribution in [3.05, 3.63) is 29.8 Å². The van der Waals surface area contributed by atoms with Gasteiger partial charge in [-0.2, -0.15) is 0 Å². The van der Waals surface area contributed by atoms with Gasteiger partial charge in [0, 0.05) is 17.6 Å². The van der Waals surface area contributed by atoms with E-state index in [4.69, 9.17) is 4.74 Å². The van der Waals surface area contributed by atoms with Crippen molar-refractivity contribution in [2.24, 2.45) is 0 Å². The monoisotopic (exact) mass is 366 g/mol. The Morgan fingerprint density at radius 2 is 1.84 bits per heavy atom. The van der Waals surface area contributed by atoms with Gasteiger partial charge in [0.2, 0.25) is 0 Å². The number of hydrogen-bond acceptors (Lipinski definition) is 4. The molecule has 0 saturated heterocycles. The Morgan fingerprint density at radius 1 is 1.20 bits per heavy atom. The lowest BCUT2D eigenvalue weighted by Gasteiger charge is -2.34. The number of anilines is 1. The Labute approximate surface area is 153 Å². The molecular formula is C18H26N2O4S. The second-order valence-electron chi connectivity index (χ2n) is 7.38. The Bertz CT molecular complexity index is 612. The van der Waals surface area contributed by atoms with Crippen molar-refractivity contribution in [2.75, 3.05) is 5.32 Å². The summed E-state index contributed by atoms with van der Waals surface area (Å²) in [7, 11) is 0. The van der Waals surface area contributed by atoms with Crippen LogP contribution in [-0.2, 0) is 4.74 Å². The third-order valence-electron chi connectivity index (χ3n) is 4.13. The second kappa shape index (κ2) is 8.10. The molecule has 1 fully saturated rings. The molecule has 2 amide bonds. The number of rotatable bonds is 3. The number of hydrogen-bond donors (Lipinski definition) is 4. The van der Waals surface area contributed by atoms with E-state index in [1.54, 1.807) is 12.1 Å². The van der Waals surface area contributed by atoms with Gasteiger partial charge in [-0.15, -0.1) is 0 Å². The van der Waals surface area contributed by atoms with Gasteiger partial charge in [0.15, 0.2) is 0 Å². The molecule has 0 aliphatic heterocycles. The first-order valence-corrected chi connectivity index (χ1v) is 8.86. The number of aliphatic hydroxyl groups is 1. The molecule has 0 unspecified atom stereocenters. The minimum Gasteiger partial charge on any atom is -0.444 e. The summed E-state index contributed by atoms with van der Waals surface area (Å²) in [5.41, 5.74) is 1.14. The first-order valence-electron chi connectivity index (χ1n) is 8.41. The van der Waals surface area contributed by atoms with E-state index in [-0.39, 0.29) is 12.0 Å². The zero-order chi connectivity index (χ0) is 18.6. The van der Waals surface area contributed by atoms with E-state index < -0.39 is 23.0 Å². The fourth-order valence-electron chi connectivity index (χ4n) is 3.08. The number of alkyl carbamates (subject to hydrolysis) is 1. The predicted molar refractivity (Wildman–Crippen MR) is 100 cm³/mol. The Morgan fingerprint density at radius 3 is 2.36 bits per heavy atom. The van der Waals surface area contributed by atoms with Crippen molar-refractivity contribution in [3.63, 3.8) is 0 Å². The van der Waals surface area contributed by atoms with Crippen molar-refractivity contribution in [1.82, 2.24) is 5.32 Å². The Balaban J connectivity index is 1.91. The molecule has 0 bridgehead atoms. The highest BCUT2D eigenvalue weighted by Crippen LogP contribution is 2.34. The molecule has 7 heteroatoms. The molecule has 1 aliphatic carbocycles. The molecule has 2 rings (SSSR count). The molecule has 6 nitrogen and oxygen atoms in total. The van der Waals surface area contributed by atoms with Crippen LogP contribution in [0.1, 0.15) is 51.5 Å². The van der Waals surface area contributed by atoms with Crippen LogP contribution in [0.25, 0.3) is 0 Å². The summed E-state index contributed by atoms with van der Waals surface area (Å²) in [6.07, 6.45) is 1.03. The number of amides is 2. The van der Waals surface area contributed by atoms with Crippen LogP contribution in [0.5, 0.6) is 0 Å². The van der Waals surface area contributed by atoms with E-state index in [1.165, 1.54) is 0 Å². The molecule has 0 aromatic heterocycles. The van der Waals surface area contributed by atoms with Crippen LogP contribution in [0.2, 0.25) is 0 Å². The SMILES string of the molecule is CC(C)(C)OC(=O)N[C@@H]1CC[C@H](c2ccc(NC(=O)S)cc2)[C@H](O)C1. The lowest BCUT2D eigenvalue weighted by atomic mass is 9.79. The van der Waals surface area contributed by atoms with E-state index in [1.807, 2.05) is 32.9 Å². The van der Waals surface area contributed by atoms with Gasteiger partial charge in [0.1, 0.15) is 5.60 Å². The van der Waals surface area contributed by atoms with Crippen LogP contribution < -0.4 is 10.6 Å². The van der Waals surface area contributed by atoms with Crippen molar-refractivity contribution in [2.45, 2.75) is 63.7 Å². The van der Waals surface area contributed by atoms with Gasteiger partial charge < -0.3 is 20.5 Å². The molecule has 0 radical (unpaired) electrons. The molecule has 3 N–H and O–H groups in total. The van der Waals surface area contributed by atoms with Crippen LogP contribution in [0.4, 0.5) is 15.3 Å². The molecular weight excluding hydrogens is 340 g/mol. The quantitative estimate of drug-likeness (QED) is 0.615. The highest BCUT2D eigenvalue weighted by atomic mass is 32.1. The molecule has 1 aliphatic rings. The average Bonchev–Trinajstić information content (AvgIpc) is 2.46. The number of carbonyl (C=O) groups excluding carboxylic acids is 2. The number of ether oxygens (including phenoxy) is 1. The molecule has 0 spiro atoms. The van der Waals surface area contributed by atoms with Crippen molar-refractivity contribution in [3.8, 4) is 0 Å². The minimum atomic E-state index is -0.543. The molecule has 0 heterocycles. The number of nitrogens with one attached hydrogen (secondary N) is 2. The van der Waals surface area contributed by atoms with Gasteiger partial charge in [-0.05, 0) is 57.7 Å². The van der Waals surface area contributed by atoms with Crippen LogP contribution in [0, 0.1) is 0 Å². The van der Waals surface area contributed by atoms with Crippen molar-refractivity contribution in [1.29, 1.82) is 0 Å². The summed E-state index contributed by atoms with van der Waals surface area (Å²) in [5, 5.41) is 15.5. The predicted octanol–water partition coefficient (Wildman–Crippen LogP) is 3.67. The highest BCUT2D eigenvalue weighted by molar-refractivity contribution is 7.96. The minimum absolute atomic E-state index is 0.0115. The number of aliphatic hydroxyl groups excluding tert-OH is 1. The lowest BCUT2D eigenvalue weighted by Crippen LogP contribution is -2.44. The zero-order valence-electron chi connectivity index (χ0n) is 14.8. The lowest BCUT2D eigenvalue weighted by molar-refractivity contribution is 0.0426. The fraction of sp³-hybridized carbons (Fsp3) is 0.556. The summed E-state index contributed by atoms with van der Waals surface area (Å²) >= 11 is 3.68. The first-order chi connectivity index (χ1) is 11.6. The van der Waals surface area contributed by atoms with Crippen molar-refractivity contribution < 1.29 is 19.4 Å². The van der Waals surface area contributed by atoms with Gasteiger partial charge in [0.05, 0.1) is 6.10 Å². The third-order valence-corrected chi connectivity index (χ3v) is 4.24. The van der Waals surface area contributed by atoms with Crippen LogP contribution in [0.3, 0.4) is 0 Å². The molecule has 1 saturated carbocycles. The maximum atomic E-state index is 11.9. The molecule has 3 atom stereocenters. The van der Waals surface area contributed by atoms with Gasteiger partial charge >= 0.3 is 6.09 Å². The zero-order valence-corrected chi connectivity index (χ0v) is 15.7. The average molecular weight is 366 g/mol. The van der Waals surface area contributed by atoms with Crippen LogP contribution in [-0.4, -0.2) is 34.2 Å². The van der Waals surface area contributed by atoms with E-state index in [0.717, 1.165) is 18.4 Å². The fourth-order valence-corrected chi connectivity index (χ4v) is 3.21. The van der Waals surface area contributed by atoms with Gasteiger partial charge in [-0.25, -0.2) is 4.79 Å². The smallest absolute Gasteiger partial charge is 0.407 e. The van der Waals surface area contributed by atoms with Gasteiger partial charge in [0.25, 0.3) is 5.24 Å². The molecule has 1 aromatic rings. The standard InChI is InChI=1S/C18H26N2O4S/c1-18(2,3)24-16(22)19-13-8-9-14(15(21)10-13)11-4-6-12(7-5-11)20-17(23)25/h4-7,13-15,21H,8-10H2,1-3H3,(H,19,22)(H2,20,23,25)/t13-,14-,15-/m1/s1. The number of carbonyl (C=O) groups is 2.